The molecule has 1 fully saturated rings. The van der Waals surface area contributed by atoms with E-state index < -0.39 is 6.10 Å². The van der Waals surface area contributed by atoms with Gasteiger partial charge in [-0.15, -0.1) is 0 Å². The molecule has 1 saturated heterocycles. The van der Waals surface area contributed by atoms with Gasteiger partial charge < -0.3 is 10.4 Å². The molecule has 0 aliphatic carbocycles. The molecule has 2 atom stereocenters. The number of hydrogen-bond donors (Lipinski definition) is 2. The van der Waals surface area contributed by atoms with Crippen molar-refractivity contribution in [2.24, 2.45) is 5.92 Å². The van der Waals surface area contributed by atoms with Crippen molar-refractivity contribution in [3.05, 3.63) is 0 Å². The van der Waals surface area contributed by atoms with Gasteiger partial charge in [-0.25, -0.2) is 0 Å². The molecule has 0 aromatic rings. The number of aliphatic hydroxyl groups is 1. The highest BCUT2D eigenvalue weighted by Crippen LogP contribution is 2.05. The van der Waals surface area contributed by atoms with Gasteiger partial charge in [-0.1, -0.05) is 0 Å². The van der Waals surface area contributed by atoms with Gasteiger partial charge in [0, 0.05) is 13.1 Å². The van der Waals surface area contributed by atoms with Gasteiger partial charge in [0.05, 0.1) is 18.1 Å². The van der Waals surface area contributed by atoms with Crippen molar-refractivity contribution in [3.8, 4) is 6.07 Å². The topological polar surface area (TPSA) is 56.0 Å². The van der Waals surface area contributed by atoms with Crippen LogP contribution >= 0.6 is 0 Å². The van der Waals surface area contributed by atoms with Crippen LogP contribution in [0.3, 0.4) is 0 Å². The Kier molecular flexibility index (Phi) is 1.47. The minimum atomic E-state index is -0.444. The summed E-state index contributed by atoms with van der Waals surface area (Å²) in [6, 6.07) is 2.00. The fourth-order valence-corrected chi connectivity index (χ4v) is 0.797. The second-order valence-electron chi connectivity index (χ2n) is 1.96. The van der Waals surface area contributed by atoms with Crippen LogP contribution in [0.4, 0.5) is 0 Å². The predicted octanol–water partition coefficient (Wildman–Crippen LogP) is -0.910. The summed E-state index contributed by atoms with van der Waals surface area (Å²) in [4.78, 5) is 0. The van der Waals surface area contributed by atoms with Gasteiger partial charge in [0.25, 0.3) is 0 Å². The first kappa shape index (κ1) is 5.54. The predicted molar refractivity (Wildman–Crippen MR) is 28.0 cm³/mol. The van der Waals surface area contributed by atoms with Crippen molar-refractivity contribution in [2.75, 3.05) is 13.1 Å². The summed E-state index contributed by atoms with van der Waals surface area (Å²) >= 11 is 0. The maximum absolute atomic E-state index is 8.90. The van der Waals surface area contributed by atoms with Gasteiger partial charge in [-0.2, -0.15) is 5.26 Å². The first-order valence-corrected chi connectivity index (χ1v) is 2.63. The van der Waals surface area contributed by atoms with E-state index in [0.29, 0.717) is 13.1 Å². The lowest BCUT2D eigenvalue weighted by atomic mass is 10.1. The standard InChI is InChI=1S/C5H8N2O/c6-1-4-2-7-3-5(4)8/h4-5,7-8H,2-3H2/t4-,5-/m0/s1. The SMILES string of the molecule is N#C[C@H]1CNC[C@@H]1O. The summed E-state index contributed by atoms with van der Waals surface area (Å²) in [6.07, 6.45) is -0.444. The first-order chi connectivity index (χ1) is 3.84. The first-order valence-electron chi connectivity index (χ1n) is 2.63. The number of β-amino-alcohol motifs (C(OH)–C–C–N with tert-alkyl or cyclic N) is 1. The van der Waals surface area contributed by atoms with Crippen molar-refractivity contribution in [1.29, 1.82) is 5.26 Å². The summed E-state index contributed by atoms with van der Waals surface area (Å²) in [5.41, 5.74) is 0. The molecule has 44 valence electrons. The lowest BCUT2D eigenvalue weighted by Crippen LogP contribution is -2.15. The molecule has 0 spiro atoms. The molecule has 0 unspecified atom stereocenters. The summed E-state index contributed by atoms with van der Waals surface area (Å²) in [7, 11) is 0. The van der Waals surface area contributed by atoms with Gasteiger partial charge in [0.2, 0.25) is 0 Å². The Balaban J connectivity index is 2.45. The molecule has 0 radical (unpaired) electrons. The normalized spacial score (nSPS) is 37.0. The number of nitriles is 1. The highest BCUT2D eigenvalue weighted by Gasteiger charge is 2.23. The Bertz CT molecular complexity index is 118. The smallest absolute Gasteiger partial charge is 0.0859 e. The average Bonchev–Trinajstić information content (AvgIpc) is 2.14. The minimum Gasteiger partial charge on any atom is -0.390 e. The van der Waals surface area contributed by atoms with E-state index in [4.69, 9.17) is 10.4 Å². The molecule has 1 aliphatic rings. The van der Waals surface area contributed by atoms with Crippen LogP contribution in [0, 0.1) is 17.2 Å². The summed E-state index contributed by atoms with van der Waals surface area (Å²) in [5, 5.41) is 20.1. The maximum Gasteiger partial charge on any atom is 0.0859 e. The van der Waals surface area contributed by atoms with Gasteiger partial charge >= 0.3 is 0 Å². The van der Waals surface area contributed by atoms with Crippen LogP contribution in [-0.4, -0.2) is 24.3 Å². The average molecular weight is 112 g/mol. The Morgan fingerprint density at radius 3 is 2.62 bits per heavy atom. The molecule has 1 rings (SSSR count). The highest BCUT2D eigenvalue weighted by atomic mass is 16.3. The van der Waals surface area contributed by atoms with Crippen molar-refractivity contribution in [2.45, 2.75) is 6.10 Å². The Labute approximate surface area is 47.9 Å². The van der Waals surface area contributed by atoms with E-state index in [2.05, 4.69) is 5.32 Å². The van der Waals surface area contributed by atoms with E-state index in [1.807, 2.05) is 6.07 Å². The van der Waals surface area contributed by atoms with E-state index in [1.54, 1.807) is 0 Å². The van der Waals surface area contributed by atoms with Crippen LogP contribution in [0.15, 0.2) is 0 Å². The van der Waals surface area contributed by atoms with Crippen LogP contribution in [0.1, 0.15) is 0 Å². The molecular weight excluding hydrogens is 104 g/mol. The minimum absolute atomic E-state index is 0.185. The third kappa shape index (κ3) is 0.808. The molecule has 0 saturated carbocycles. The molecule has 3 nitrogen and oxygen atoms in total. The number of rotatable bonds is 0. The third-order valence-corrected chi connectivity index (χ3v) is 1.35. The lowest BCUT2D eigenvalue weighted by molar-refractivity contribution is 0.170. The quantitative estimate of drug-likeness (QED) is 0.426. The van der Waals surface area contributed by atoms with Crippen molar-refractivity contribution < 1.29 is 5.11 Å². The fourth-order valence-electron chi connectivity index (χ4n) is 0.797. The van der Waals surface area contributed by atoms with Gasteiger partial charge in [0.15, 0.2) is 0 Å². The zero-order chi connectivity index (χ0) is 5.98. The lowest BCUT2D eigenvalue weighted by Gasteiger charge is -1.99. The molecule has 1 aliphatic heterocycles. The highest BCUT2D eigenvalue weighted by molar-refractivity contribution is 4.94. The number of nitrogens with one attached hydrogen (secondary N) is 1. The summed E-state index contributed by atoms with van der Waals surface area (Å²) < 4.78 is 0. The van der Waals surface area contributed by atoms with Crippen molar-refractivity contribution in [1.82, 2.24) is 5.32 Å². The van der Waals surface area contributed by atoms with E-state index in [1.165, 1.54) is 0 Å². The van der Waals surface area contributed by atoms with Crippen molar-refractivity contribution >= 4 is 0 Å². The zero-order valence-electron chi connectivity index (χ0n) is 4.46. The molecular formula is C5H8N2O. The second-order valence-corrected chi connectivity index (χ2v) is 1.96. The molecule has 8 heavy (non-hydrogen) atoms. The largest absolute Gasteiger partial charge is 0.390 e. The van der Waals surface area contributed by atoms with E-state index >= 15 is 0 Å². The molecule has 0 aromatic heterocycles. The molecule has 2 N–H and O–H groups in total. The summed E-state index contributed by atoms with van der Waals surface area (Å²) in [5.74, 6) is -0.185. The number of hydrogen-bond acceptors (Lipinski definition) is 3. The number of aliphatic hydroxyl groups excluding tert-OH is 1. The fraction of sp³-hybridized carbons (Fsp3) is 0.800. The van der Waals surface area contributed by atoms with Crippen LogP contribution in [0.25, 0.3) is 0 Å². The monoisotopic (exact) mass is 112 g/mol. The van der Waals surface area contributed by atoms with Crippen LogP contribution in [0.2, 0.25) is 0 Å². The molecule has 0 aromatic carbocycles. The summed E-state index contributed by atoms with van der Waals surface area (Å²) in [6.45, 7) is 1.20. The van der Waals surface area contributed by atoms with Crippen LogP contribution in [0.5, 0.6) is 0 Å². The van der Waals surface area contributed by atoms with E-state index in [9.17, 15) is 0 Å². The molecule has 0 amide bonds. The van der Waals surface area contributed by atoms with Gasteiger partial charge in [0.1, 0.15) is 0 Å². The molecule has 3 heteroatoms. The zero-order valence-corrected chi connectivity index (χ0v) is 4.46. The van der Waals surface area contributed by atoms with Gasteiger partial charge in [-0.3, -0.25) is 0 Å². The Morgan fingerprint density at radius 1 is 1.62 bits per heavy atom. The Hall–Kier alpha value is -0.590. The van der Waals surface area contributed by atoms with E-state index in [-0.39, 0.29) is 5.92 Å². The molecule has 1 heterocycles. The van der Waals surface area contributed by atoms with Gasteiger partial charge in [-0.05, 0) is 0 Å². The van der Waals surface area contributed by atoms with Crippen LogP contribution in [-0.2, 0) is 0 Å². The van der Waals surface area contributed by atoms with E-state index in [0.717, 1.165) is 0 Å². The Morgan fingerprint density at radius 2 is 2.38 bits per heavy atom. The second kappa shape index (κ2) is 2.12. The van der Waals surface area contributed by atoms with Crippen LogP contribution < -0.4 is 5.32 Å². The van der Waals surface area contributed by atoms with Crippen molar-refractivity contribution in [3.63, 3.8) is 0 Å². The number of nitrogens with zero attached hydrogens (tertiary/aromatic N) is 1. The molecule has 0 bridgehead atoms. The third-order valence-electron chi connectivity index (χ3n) is 1.35. The maximum atomic E-state index is 8.90.